The van der Waals surface area contributed by atoms with Crippen LogP contribution in [-0.4, -0.2) is 26.4 Å². The number of nitrogens with one attached hydrogen (secondary N) is 1. The largest absolute Gasteiger partial charge is 0.276 e. The Labute approximate surface area is 298 Å². The molecule has 0 radical (unpaired) electrons. The molecule has 0 amide bonds. The first kappa shape index (κ1) is 32.2. The maximum atomic E-state index is 9.13. The highest BCUT2D eigenvalue weighted by molar-refractivity contribution is 8.00. The van der Waals surface area contributed by atoms with E-state index in [0.717, 1.165) is 43.2 Å². The molecule has 0 aliphatic rings. The number of H-pyrrole nitrogens is 1. The minimum Gasteiger partial charge on any atom is -0.276 e. The van der Waals surface area contributed by atoms with Gasteiger partial charge in [-0.05, 0) is 71.8 Å². The van der Waals surface area contributed by atoms with Crippen LogP contribution < -0.4 is 0 Å². The fraction of sp³-hybridized carbons (Fsp3) is 0.0732. The molecule has 0 aliphatic heterocycles. The number of hydrogen-bond donors (Lipinski definition) is 1. The second-order valence-corrected chi connectivity index (χ2v) is 14.7. The number of thiophene rings is 2. The summed E-state index contributed by atoms with van der Waals surface area (Å²) >= 11 is 4.92. The predicted octanol–water partition coefficient (Wildman–Crippen LogP) is 11.1. The average Bonchev–Trinajstić information content (AvgIpc) is 3.97. The van der Waals surface area contributed by atoms with Gasteiger partial charge in [-0.2, -0.15) is 10.4 Å². The summed E-state index contributed by atoms with van der Waals surface area (Å²) < 4.78 is 1.26. The highest BCUT2D eigenvalue weighted by Crippen LogP contribution is 2.40. The SMILES string of the molecule is CC(c1ccccc1)(c1ccccc1)c1ccccc1.CSc1ccc(-c2ncnc3ccc(-c4cn[nH]c4-c4ccc(C#N)s4)cc23)s1. The average molecular weight is 690 g/mol. The van der Waals surface area contributed by atoms with Crippen LogP contribution >= 0.6 is 34.4 Å². The number of nitrogens with zero attached hydrogens (tertiary/aromatic N) is 4. The minimum atomic E-state index is -0.121. The van der Waals surface area contributed by atoms with Gasteiger partial charge in [-0.3, -0.25) is 5.10 Å². The first-order valence-electron chi connectivity index (χ1n) is 15.7. The summed E-state index contributed by atoms with van der Waals surface area (Å²) in [5.74, 6) is 0. The zero-order valence-electron chi connectivity index (χ0n) is 26.9. The summed E-state index contributed by atoms with van der Waals surface area (Å²) in [4.78, 5) is 11.8. The zero-order chi connectivity index (χ0) is 33.6. The number of nitriles is 1. The van der Waals surface area contributed by atoms with E-state index in [0.29, 0.717) is 4.88 Å². The standard InChI is InChI=1S/C21H13N5S3.C20H18/c1-27-19-7-6-17(29-19)20-14-8-12(2-4-16(14)23-11-24-20)15-10-25-26-21(15)18-5-3-13(9-22)28-18;1-20(17-11-5-2-6-12-17,18-13-7-3-8-14-18)19-15-9-4-10-16-19/h2-8,10-11H,1H3,(H,25,26);2-16H,1H3. The molecular formula is C41H31N5S3. The second kappa shape index (κ2) is 14.4. The molecule has 49 heavy (non-hydrogen) atoms. The highest BCUT2D eigenvalue weighted by Gasteiger charge is 2.30. The summed E-state index contributed by atoms with van der Waals surface area (Å²) in [6.45, 7) is 2.30. The van der Waals surface area contributed by atoms with E-state index in [1.165, 1.54) is 32.2 Å². The molecule has 0 spiro atoms. The van der Waals surface area contributed by atoms with Gasteiger partial charge in [0.25, 0.3) is 0 Å². The van der Waals surface area contributed by atoms with E-state index in [2.05, 4.69) is 149 Å². The van der Waals surface area contributed by atoms with Crippen LogP contribution in [0.2, 0.25) is 0 Å². The number of aromatic nitrogens is 4. The first-order chi connectivity index (χ1) is 24.1. The fourth-order valence-electron chi connectivity index (χ4n) is 6.02. The van der Waals surface area contributed by atoms with Gasteiger partial charge in [0.2, 0.25) is 0 Å². The maximum absolute atomic E-state index is 9.13. The Morgan fingerprint density at radius 3 is 1.92 bits per heavy atom. The molecule has 8 aromatic rings. The van der Waals surface area contributed by atoms with Gasteiger partial charge in [-0.1, -0.05) is 97.1 Å². The van der Waals surface area contributed by atoms with Crippen molar-refractivity contribution in [3.63, 3.8) is 0 Å². The normalized spacial score (nSPS) is 11.1. The van der Waals surface area contributed by atoms with Crippen molar-refractivity contribution >= 4 is 45.3 Å². The highest BCUT2D eigenvalue weighted by atomic mass is 32.2. The quantitative estimate of drug-likeness (QED) is 0.133. The Morgan fingerprint density at radius 2 is 1.35 bits per heavy atom. The Bertz CT molecular complexity index is 2260. The molecule has 0 unspecified atom stereocenters. The van der Waals surface area contributed by atoms with E-state index < -0.39 is 0 Å². The molecule has 8 heteroatoms. The first-order valence-corrected chi connectivity index (χ1v) is 18.5. The molecule has 0 fully saturated rings. The topological polar surface area (TPSA) is 78.2 Å². The van der Waals surface area contributed by atoms with Crippen molar-refractivity contribution in [2.24, 2.45) is 0 Å². The lowest BCUT2D eigenvalue weighted by Gasteiger charge is -2.31. The molecule has 4 aromatic carbocycles. The second-order valence-electron chi connectivity index (χ2n) is 11.4. The van der Waals surface area contributed by atoms with Crippen LogP contribution in [0, 0.1) is 11.3 Å². The number of aromatic amines is 1. The zero-order valence-corrected chi connectivity index (χ0v) is 29.3. The van der Waals surface area contributed by atoms with Crippen LogP contribution in [0.25, 0.3) is 43.2 Å². The van der Waals surface area contributed by atoms with Crippen molar-refractivity contribution in [1.29, 1.82) is 5.26 Å². The van der Waals surface area contributed by atoms with Crippen molar-refractivity contribution in [3.8, 4) is 38.3 Å². The lowest BCUT2D eigenvalue weighted by atomic mass is 9.71. The van der Waals surface area contributed by atoms with Gasteiger partial charge in [0.05, 0.1) is 37.1 Å². The van der Waals surface area contributed by atoms with Crippen LogP contribution in [0.1, 0.15) is 28.5 Å². The van der Waals surface area contributed by atoms with E-state index in [1.807, 2.05) is 30.5 Å². The van der Waals surface area contributed by atoms with Gasteiger partial charge >= 0.3 is 0 Å². The van der Waals surface area contributed by atoms with Crippen molar-refractivity contribution in [2.45, 2.75) is 16.5 Å². The van der Waals surface area contributed by atoms with Crippen LogP contribution in [0.3, 0.4) is 0 Å². The molecule has 5 nitrogen and oxygen atoms in total. The number of benzene rings is 4. The molecule has 8 rings (SSSR count). The molecule has 0 atom stereocenters. The smallest absolute Gasteiger partial charge is 0.116 e. The van der Waals surface area contributed by atoms with Gasteiger partial charge in [-0.25, -0.2) is 9.97 Å². The van der Waals surface area contributed by atoms with E-state index in [1.54, 1.807) is 29.4 Å². The Hall–Kier alpha value is -5.33. The lowest BCUT2D eigenvalue weighted by Crippen LogP contribution is -2.25. The number of hydrogen-bond acceptors (Lipinski definition) is 7. The Balaban J connectivity index is 0.000000166. The van der Waals surface area contributed by atoms with Gasteiger partial charge in [0.15, 0.2) is 0 Å². The Kier molecular flexibility index (Phi) is 9.49. The number of thioether (sulfide) groups is 1. The van der Waals surface area contributed by atoms with Crippen molar-refractivity contribution < 1.29 is 0 Å². The van der Waals surface area contributed by atoms with Crippen LogP contribution in [0.4, 0.5) is 0 Å². The molecular weight excluding hydrogens is 659 g/mol. The van der Waals surface area contributed by atoms with Crippen LogP contribution in [-0.2, 0) is 5.41 Å². The van der Waals surface area contributed by atoms with E-state index >= 15 is 0 Å². The van der Waals surface area contributed by atoms with Crippen molar-refractivity contribution in [2.75, 3.05) is 6.26 Å². The molecule has 0 saturated carbocycles. The minimum absolute atomic E-state index is 0.121. The molecule has 0 bridgehead atoms. The van der Waals surface area contributed by atoms with E-state index in [-0.39, 0.29) is 5.41 Å². The number of rotatable bonds is 7. The summed E-state index contributed by atoms with van der Waals surface area (Å²) in [5, 5.41) is 17.5. The van der Waals surface area contributed by atoms with Crippen molar-refractivity contribution in [1.82, 2.24) is 20.2 Å². The van der Waals surface area contributed by atoms with E-state index in [4.69, 9.17) is 5.26 Å². The third-order valence-corrected chi connectivity index (χ3v) is 11.8. The van der Waals surface area contributed by atoms with Gasteiger partial charge in [0, 0.05) is 16.4 Å². The molecule has 0 saturated heterocycles. The lowest BCUT2D eigenvalue weighted by molar-refractivity contribution is 0.692. The third-order valence-electron chi connectivity index (χ3n) is 8.62. The fourth-order valence-corrected chi connectivity index (χ4v) is 8.38. The van der Waals surface area contributed by atoms with Crippen molar-refractivity contribution in [3.05, 3.63) is 168 Å². The summed E-state index contributed by atoms with van der Waals surface area (Å²) in [5.41, 5.74) is 8.61. The molecule has 0 aliphatic carbocycles. The van der Waals surface area contributed by atoms with Gasteiger partial charge in [0.1, 0.15) is 17.3 Å². The van der Waals surface area contributed by atoms with Crippen LogP contribution in [0.15, 0.2) is 150 Å². The monoisotopic (exact) mass is 689 g/mol. The number of fused-ring (bicyclic) bond motifs is 1. The van der Waals surface area contributed by atoms with Crippen LogP contribution in [0.5, 0.6) is 0 Å². The molecule has 4 heterocycles. The summed E-state index contributed by atoms with van der Waals surface area (Å²) in [6.07, 6.45) is 5.52. The van der Waals surface area contributed by atoms with Gasteiger partial charge < -0.3 is 0 Å². The Morgan fingerprint density at radius 1 is 0.714 bits per heavy atom. The third kappa shape index (κ3) is 6.57. The summed E-state index contributed by atoms with van der Waals surface area (Å²) in [7, 11) is 0. The molecule has 1 N–H and O–H groups in total. The predicted molar refractivity (Wildman–Crippen MR) is 205 cm³/mol. The molecule has 238 valence electrons. The van der Waals surface area contributed by atoms with Gasteiger partial charge in [-0.15, -0.1) is 34.4 Å². The maximum Gasteiger partial charge on any atom is 0.116 e. The van der Waals surface area contributed by atoms with E-state index in [9.17, 15) is 0 Å². The molecule has 4 aromatic heterocycles. The summed E-state index contributed by atoms with van der Waals surface area (Å²) in [6, 6.07) is 48.5.